The molecule has 0 bridgehead atoms. The average Bonchev–Trinajstić information content (AvgIpc) is 2.08. The van der Waals surface area contributed by atoms with Crippen LogP contribution in [-0.2, 0) is 4.79 Å². The second-order valence-electron chi connectivity index (χ2n) is 1.55. The molecule has 0 amide bonds. The highest BCUT2D eigenvalue weighted by Gasteiger charge is 1.84. The number of carbonyl (C=O) groups is 1. The van der Waals surface area contributed by atoms with E-state index in [-0.39, 0.29) is 0 Å². The number of nitrogens with two attached hydrogens (primary N) is 1. The van der Waals surface area contributed by atoms with E-state index in [0.717, 1.165) is 11.9 Å². The predicted octanol–water partition coefficient (Wildman–Crippen LogP) is 1.45. The number of hydrogen-bond donors (Lipinski definition) is 1. The van der Waals surface area contributed by atoms with Gasteiger partial charge in [-0.15, -0.1) is 0 Å². The summed E-state index contributed by atoms with van der Waals surface area (Å²) in [6.07, 6.45) is 6.32. The normalized spacial score (nSPS) is 9.09. The Labute approximate surface area is 68.1 Å². The van der Waals surface area contributed by atoms with Gasteiger partial charge in [-0.05, 0) is 12.6 Å². The SMILES string of the molecule is C=C/C=C(\C=C)CC=O.CN. The molecule has 0 atom stereocenters. The largest absolute Gasteiger partial charge is 0.333 e. The van der Waals surface area contributed by atoms with Crippen molar-refractivity contribution in [1.29, 1.82) is 0 Å². The molecule has 0 aliphatic carbocycles. The minimum atomic E-state index is 0.426. The highest BCUT2D eigenvalue weighted by Crippen LogP contribution is 1.98. The molecule has 0 unspecified atom stereocenters. The van der Waals surface area contributed by atoms with Crippen LogP contribution >= 0.6 is 0 Å². The third kappa shape index (κ3) is 8.85. The fraction of sp³-hybridized carbons (Fsp3) is 0.222. The van der Waals surface area contributed by atoms with E-state index in [0.29, 0.717) is 6.42 Å². The van der Waals surface area contributed by atoms with Gasteiger partial charge in [0.2, 0.25) is 0 Å². The molecular formula is C9H15NO. The first kappa shape index (κ1) is 12.5. The number of allylic oxidation sites excluding steroid dienone is 4. The highest BCUT2D eigenvalue weighted by molar-refractivity contribution is 5.56. The van der Waals surface area contributed by atoms with Crippen molar-refractivity contribution in [3.8, 4) is 0 Å². The first-order valence-corrected chi connectivity index (χ1v) is 3.30. The molecule has 62 valence electrons. The summed E-state index contributed by atoms with van der Waals surface area (Å²) in [6, 6.07) is 0. The maximum atomic E-state index is 9.93. The van der Waals surface area contributed by atoms with Gasteiger partial charge in [0.25, 0.3) is 0 Å². The smallest absolute Gasteiger partial charge is 0.124 e. The maximum absolute atomic E-state index is 9.93. The van der Waals surface area contributed by atoms with Crippen molar-refractivity contribution in [1.82, 2.24) is 0 Å². The lowest BCUT2D eigenvalue weighted by atomic mass is 10.2. The average molecular weight is 153 g/mol. The van der Waals surface area contributed by atoms with E-state index in [1.165, 1.54) is 7.05 Å². The Balaban J connectivity index is 0. The van der Waals surface area contributed by atoms with E-state index < -0.39 is 0 Å². The van der Waals surface area contributed by atoms with Crippen molar-refractivity contribution in [2.45, 2.75) is 6.42 Å². The first-order chi connectivity index (χ1) is 5.35. The molecule has 0 aromatic heterocycles. The summed E-state index contributed by atoms with van der Waals surface area (Å²) < 4.78 is 0. The van der Waals surface area contributed by atoms with Gasteiger partial charge < -0.3 is 10.5 Å². The summed E-state index contributed by atoms with van der Waals surface area (Å²) in [4.78, 5) is 9.93. The van der Waals surface area contributed by atoms with Gasteiger partial charge in [0.15, 0.2) is 0 Å². The summed E-state index contributed by atoms with van der Waals surface area (Å²) in [6.45, 7) is 7.01. The number of aldehydes is 1. The van der Waals surface area contributed by atoms with Crippen molar-refractivity contribution in [3.63, 3.8) is 0 Å². The molecule has 0 aromatic rings. The minimum absolute atomic E-state index is 0.426. The van der Waals surface area contributed by atoms with E-state index in [2.05, 4.69) is 18.9 Å². The third-order valence-electron chi connectivity index (χ3n) is 0.913. The molecule has 11 heavy (non-hydrogen) atoms. The van der Waals surface area contributed by atoms with Crippen LogP contribution in [0, 0.1) is 0 Å². The summed E-state index contributed by atoms with van der Waals surface area (Å²) in [5.41, 5.74) is 5.40. The Morgan fingerprint density at radius 1 is 1.45 bits per heavy atom. The standard InChI is InChI=1S/C8H10O.CH5N/c1-3-5-8(4-2)6-7-9;1-2/h3-5,7H,1-2,6H2;2H2,1H3/b8-5+;. The Kier molecular flexibility index (Phi) is 13.2. The van der Waals surface area contributed by atoms with Crippen LogP contribution in [0.5, 0.6) is 0 Å². The van der Waals surface area contributed by atoms with Gasteiger partial charge in [-0.3, -0.25) is 0 Å². The van der Waals surface area contributed by atoms with Crippen LogP contribution in [0.4, 0.5) is 0 Å². The topological polar surface area (TPSA) is 43.1 Å². The van der Waals surface area contributed by atoms with E-state index in [9.17, 15) is 4.79 Å². The van der Waals surface area contributed by atoms with Gasteiger partial charge in [0.05, 0.1) is 0 Å². The quantitative estimate of drug-likeness (QED) is 0.490. The van der Waals surface area contributed by atoms with Gasteiger partial charge in [0.1, 0.15) is 6.29 Å². The monoisotopic (exact) mass is 153 g/mol. The summed E-state index contributed by atoms with van der Waals surface area (Å²) in [7, 11) is 1.50. The molecular weight excluding hydrogens is 138 g/mol. The molecule has 2 heteroatoms. The predicted molar refractivity (Wildman–Crippen MR) is 49.3 cm³/mol. The highest BCUT2D eigenvalue weighted by atomic mass is 16.1. The summed E-state index contributed by atoms with van der Waals surface area (Å²) >= 11 is 0. The van der Waals surface area contributed by atoms with Gasteiger partial charge >= 0.3 is 0 Å². The van der Waals surface area contributed by atoms with Gasteiger partial charge in [-0.2, -0.15) is 0 Å². The maximum Gasteiger partial charge on any atom is 0.124 e. The van der Waals surface area contributed by atoms with Crippen molar-refractivity contribution in [3.05, 3.63) is 37.0 Å². The third-order valence-corrected chi connectivity index (χ3v) is 0.913. The Morgan fingerprint density at radius 2 is 2.00 bits per heavy atom. The van der Waals surface area contributed by atoms with Crippen molar-refractivity contribution in [2.24, 2.45) is 5.73 Å². The van der Waals surface area contributed by atoms with E-state index in [1.54, 1.807) is 18.2 Å². The molecule has 2 nitrogen and oxygen atoms in total. The second-order valence-corrected chi connectivity index (χ2v) is 1.55. The summed E-state index contributed by atoms with van der Waals surface area (Å²) in [5.74, 6) is 0. The molecule has 0 aliphatic rings. The Bertz CT molecular complexity index is 148. The molecule has 0 aliphatic heterocycles. The number of rotatable bonds is 4. The molecule has 0 radical (unpaired) electrons. The molecule has 0 saturated heterocycles. The van der Waals surface area contributed by atoms with Crippen molar-refractivity contribution >= 4 is 6.29 Å². The first-order valence-electron chi connectivity index (χ1n) is 3.30. The molecule has 2 N–H and O–H groups in total. The van der Waals surface area contributed by atoms with Crippen LogP contribution in [0.25, 0.3) is 0 Å². The molecule has 0 fully saturated rings. The number of hydrogen-bond acceptors (Lipinski definition) is 2. The van der Waals surface area contributed by atoms with Crippen molar-refractivity contribution < 1.29 is 4.79 Å². The van der Waals surface area contributed by atoms with Crippen LogP contribution in [-0.4, -0.2) is 13.3 Å². The van der Waals surface area contributed by atoms with Gasteiger partial charge in [-0.25, -0.2) is 0 Å². The number of carbonyl (C=O) groups excluding carboxylic acids is 1. The Hall–Kier alpha value is -1.15. The summed E-state index contributed by atoms with van der Waals surface area (Å²) in [5, 5.41) is 0. The molecule has 0 spiro atoms. The molecule has 0 rings (SSSR count). The van der Waals surface area contributed by atoms with Crippen LogP contribution < -0.4 is 5.73 Å². The van der Waals surface area contributed by atoms with Crippen LogP contribution in [0.15, 0.2) is 37.0 Å². The zero-order chi connectivity index (χ0) is 9.11. The second kappa shape index (κ2) is 11.6. The molecule has 0 aromatic carbocycles. The molecule has 0 saturated carbocycles. The zero-order valence-corrected chi connectivity index (χ0v) is 6.92. The van der Waals surface area contributed by atoms with E-state index in [1.807, 2.05) is 0 Å². The lowest BCUT2D eigenvalue weighted by molar-refractivity contribution is -0.107. The van der Waals surface area contributed by atoms with Gasteiger partial charge in [-0.1, -0.05) is 31.4 Å². The van der Waals surface area contributed by atoms with Crippen LogP contribution in [0.2, 0.25) is 0 Å². The van der Waals surface area contributed by atoms with E-state index >= 15 is 0 Å². The van der Waals surface area contributed by atoms with Gasteiger partial charge in [0, 0.05) is 6.42 Å². The minimum Gasteiger partial charge on any atom is -0.333 e. The fourth-order valence-electron chi connectivity index (χ4n) is 0.467. The van der Waals surface area contributed by atoms with Crippen LogP contribution in [0.1, 0.15) is 6.42 Å². The molecule has 0 heterocycles. The van der Waals surface area contributed by atoms with Crippen molar-refractivity contribution in [2.75, 3.05) is 7.05 Å². The van der Waals surface area contributed by atoms with Crippen LogP contribution in [0.3, 0.4) is 0 Å². The fourth-order valence-corrected chi connectivity index (χ4v) is 0.467. The Morgan fingerprint density at radius 3 is 2.27 bits per heavy atom. The zero-order valence-electron chi connectivity index (χ0n) is 6.92. The lowest BCUT2D eigenvalue weighted by Gasteiger charge is -1.88. The lowest BCUT2D eigenvalue weighted by Crippen LogP contribution is -1.77. The van der Waals surface area contributed by atoms with E-state index in [4.69, 9.17) is 0 Å².